The fourth-order valence-electron chi connectivity index (χ4n) is 8.67. The molecular weight excluding hydrogens is 455 g/mol. The summed E-state index contributed by atoms with van der Waals surface area (Å²) in [6, 6.07) is 10.2. The van der Waals surface area contributed by atoms with Crippen LogP contribution in [-0.4, -0.2) is 69.3 Å². The maximum absolute atomic E-state index is 16.9. The summed E-state index contributed by atoms with van der Waals surface area (Å²) in [5.74, 6) is 0.218. The fourth-order valence-corrected chi connectivity index (χ4v) is 8.67. The number of benzene rings is 1. The Morgan fingerprint density at radius 2 is 1.97 bits per heavy atom. The number of halogens is 1. The van der Waals surface area contributed by atoms with E-state index in [1.54, 1.807) is 0 Å². The molecule has 5 nitrogen and oxygen atoms in total. The molecule has 190 valence electrons. The van der Waals surface area contributed by atoms with Gasteiger partial charge in [0.15, 0.2) is 5.67 Å². The lowest BCUT2D eigenvalue weighted by Gasteiger charge is -2.61. The molecule has 8 unspecified atom stereocenters. The van der Waals surface area contributed by atoms with Gasteiger partial charge < -0.3 is 19.8 Å². The average Bonchev–Trinajstić information content (AvgIpc) is 3.40. The minimum absolute atomic E-state index is 0.116. The van der Waals surface area contributed by atoms with Crippen LogP contribution < -0.4 is 0 Å². The number of hydrogen-bond acceptors (Lipinski definition) is 5. The number of aromatic nitrogens is 1. The van der Waals surface area contributed by atoms with Crippen LogP contribution in [0.4, 0.5) is 4.39 Å². The molecule has 0 radical (unpaired) electrons. The van der Waals surface area contributed by atoms with Crippen molar-refractivity contribution in [2.24, 2.45) is 11.3 Å². The molecule has 2 saturated heterocycles. The van der Waals surface area contributed by atoms with Crippen molar-refractivity contribution < 1.29 is 19.3 Å². The van der Waals surface area contributed by atoms with Crippen LogP contribution in [-0.2, 0) is 4.74 Å². The van der Waals surface area contributed by atoms with Gasteiger partial charge in [-0.25, -0.2) is 4.39 Å². The number of rotatable bonds is 2. The van der Waals surface area contributed by atoms with Gasteiger partial charge in [-0.2, -0.15) is 0 Å². The number of ether oxygens (including phenoxy) is 1. The van der Waals surface area contributed by atoms with Gasteiger partial charge in [0.1, 0.15) is 11.7 Å². The molecule has 1 saturated carbocycles. The summed E-state index contributed by atoms with van der Waals surface area (Å²) < 4.78 is 23.9. The van der Waals surface area contributed by atoms with Gasteiger partial charge in [0, 0.05) is 35.4 Å². The van der Waals surface area contributed by atoms with Crippen molar-refractivity contribution >= 4 is 16.5 Å². The standard InChI is InChI=1S/C30H35FN2O3/c1-27-11-10-20-16-30(31)26(35)25(34)23(33(2)3)17-28(30)12-13-29(20,36-28)24(27)9-7-21(27)18-6-8-22-19(15-18)5-4-14-32-22/h4-8,10,14-15,23-26,34-35H,9,11-13,16-17H2,1-3H3. The second-order valence-electron chi connectivity index (χ2n) is 12.4. The minimum Gasteiger partial charge on any atom is -0.389 e. The quantitative estimate of drug-likeness (QED) is 0.610. The summed E-state index contributed by atoms with van der Waals surface area (Å²) in [4.78, 5) is 6.38. The highest BCUT2D eigenvalue weighted by Crippen LogP contribution is 2.70. The molecule has 0 amide bonds. The van der Waals surface area contributed by atoms with E-state index in [4.69, 9.17) is 4.74 Å². The summed E-state index contributed by atoms with van der Waals surface area (Å²) in [7, 11) is 3.76. The summed E-state index contributed by atoms with van der Waals surface area (Å²) >= 11 is 0. The van der Waals surface area contributed by atoms with E-state index in [0.717, 1.165) is 35.7 Å². The van der Waals surface area contributed by atoms with Gasteiger partial charge >= 0.3 is 0 Å². The Morgan fingerprint density at radius 3 is 2.78 bits per heavy atom. The number of nitrogens with zero attached hydrogens (tertiary/aromatic N) is 2. The molecule has 7 rings (SSSR count). The number of alkyl halides is 1. The highest BCUT2D eigenvalue weighted by molar-refractivity contribution is 5.85. The highest BCUT2D eigenvalue weighted by atomic mass is 19.1. The second kappa shape index (κ2) is 7.25. The molecule has 2 spiro atoms. The zero-order chi connectivity index (χ0) is 25.1. The molecule has 3 aliphatic carbocycles. The molecular formula is C30H35FN2O3. The molecule has 2 N–H and O–H groups in total. The van der Waals surface area contributed by atoms with Crippen LogP contribution in [0.25, 0.3) is 16.5 Å². The molecule has 36 heavy (non-hydrogen) atoms. The topological polar surface area (TPSA) is 65.8 Å². The number of pyridine rings is 1. The Bertz CT molecular complexity index is 1320. The minimum atomic E-state index is -1.97. The monoisotopic (exact) mass is 490 g/mol. The molecule has 1 aromatic carbocycles. The van der Waals surface area contributed by atoms with E-state index >= 15 is 4.39 Å². The molecule has 6 heteroatoms. The molecule has 3 fully saturated rings. The zero-order valence-electron chi connectivity index (χ0n) is 21.2. The second-order valence-corrected chi connectivity index (χ2v) is 12.4. The first kappa shape index (κ1) is 23.0. The van der Waals surface area contributed by atoms with Crippen LogP contribution in [0.3, 0.4) is 0 Å². The van der Waals surface area contributed by atoms with E-state index < -0.39 is 29.1 Å². The zero-order valence-corrected chi connectivity index (χ0v) is 21.2. The molecule has 3 heterocycles. The summed E-state index contributed by atoms with van der Waals surface area (Å²) in [5.41, 5.74) is 0.870. The lowest BCUT2D eigenvalue weighted by molar-refractivity contribution is -0.282. The molecule has 2 aromatic rings. The van der Waals surface area contributed by atoms with Crippen molar-refractivity contribution in [3.8, 4) is 0 Å². The molecule has 2 bridgehead atoms. The number of likely N-dealkylation sites (N-methyl/N-ethyl adjacent to an activating group) is 1. The summed E-state index contributed by atoms with van der Waals surface area (Å²) in [6.45, 7) is 2.35. The molecule has 2 aliphatic heterocycles. The van der Waals surface area contributed by atoms with Crippen molar-refractivity contribution in [1.29, 1.82) is 0 Å². The Balaban J connectivity index is 1.29. The van der Waals surface area contributed by atoms with Crippen LogP contribution in [0.15, 0.2) is 54.3 Å². The third-order valence-electron chi connectivity index (χ3n) is 10.6. The van der Waals surface area contributed by atoms with E-state index in [1.807, 2.05) is 31.3 Å². The number of aliphatic hydroxyl groups is 2. The maximum Gasteiger partial charge on any atom is 0.171 e. The van der Waals surface area contributed by atoms with Gasteiger partial charge in [-0.1, -0.05) is 31.2 Å². The Kier molecular flexibility index (Phi) is 4.64. The summed E-state index contributed by atoms with van der Waals surface area (Å²) in [5, 5.41) is 23.1. The largest absolute Gasteiger partial charge is 0.389 e. The van der Waals surface area contributed by atoms with E-state index in [-0.39, 0.29) is 23.8 Å². The predicted octanol–water partition coefficient (Wildman–Crippen LogP) is 4.43. The van der Waals surface area contributed by atoms with Gasteiger partial charge in [-0.15, -0.1) is 0 Å². The van der Waals surface area contributed by atoms with Crippen LogP contribution in [0, 0.1) is 11.3 Å². The first-order valence-electron chi connectivity index (χ1n) is 13.3. The number of aliphatic hydroxyl groups excluding tert-OH is 2. The van der Waals surface area contributed by atoms with Crippen molar-refractivity contribution in [2.45, 2.75) is 80.6 Å². The molecule has 5 aliphatic rings. The van der Waals surface area contributed by atoms with Crippen molar-refractivity contribution in [1.82, 2.24) is 9.88 Å². The van der Waals surface area contributed by atoms with Gasteiger partial charge in [0.2, 0.25) is 0 Å². The van der Waals surface area contributed by atoms with Crippen LogP contribution in [0.1, 0.15) is 51.0 Å². The van der Waals surface area contributed by atoms with E-state index in [2.05, 4.69) is 48.3 Å². The van der Waals surface area contributed by atoms with Crippen molar-refractivity contribution in [3.05, 3.63) is 59.8 Å². The Hall–Kier alpha value is -2.12. The molecule has 1 aromatic heterocycles. The van der Waals surface area contributed by atoms with E-state index in [1.165, 1.54) is 11.1 Å². The third-order valence-corrected chi connectivity index (χ3v) is 10.6. The van der Waals surface area contributed by atoms with Crippen LogP contribution >= 0.6 is 0 Å². The van der Waals surface area contributed by atoms with E-state index in [0.29, 0.717) is 12.8 Å². The maximum atomic E-state index is 16.9. The SMILES string of the molecule is CN(C)C1CC23CCC4(O2)C(=CCC2(C)C(c5ccc6ncccc6c5)=CCC24)CC3(F)C(O)C1O. The van der Waals surface area contributed by atoms with Crippen molar-refractivity contribution in [2.75, 3.05) is 14.1 Å². The van der Waals surface area contributed by atoms with Gasteiger partial charge in [0.25, 0.3) is 0 Å². The average molecular weight is 491 g/mol. The van der Waals surface area contributed by atoms with Gasteiger partial charge in [0.05, 0.1) is 17.2 Å². The smallest absolute Gasteiger partial charge is 0.171 e. The predicted molar refractivity (Wildman–Crippen MR) is 137 cm³/mol. The number of allylic oxidation sites excluding steroid dienone is 3. The van der Waals surface area contributed by atoms with Gasteiger partial charge in [-0.3, -0.25) is 4.98 Å². The highest BCUT2D eigenvalue weighted by Gasteiger charge is 2.76. The third kappa shape index (κ3) is 2.66. The first-order chi connectivity index (χ1) is 17.1. The summed E-state index contributed by atoms with van der Waals surface area (Å²) in [6.07, 6.45) is 7.38. The van der Waals surface area contributed by atoms with Gasteiger partial charge in [-0.05, 0) is 81.1 Å². The molecule has 8 atom stereocenters. The van der Waals surface area contributed by atoms with Crippen molar-refractivity contribution in [3.63, 3.8) is 0 Å². The first-order valence-corrected chi connectivity index (χ1v) is 13.3. The Morgan fingerprint density at radius 1 is 1.14 bits per heavy atom. The van der Waals surface area contributed by atoms with E-state index in [9.17, 15) is 10.2 Å². The normalized spacial score (nSPS) is 45.2. The lowest BCUT2D eigenvalue weighted by atomic mass is 9.56. The number of fused-ring (bicyclic) bond motifs is 2. The van der Waals surface area contributed by atoms with Crippen LogP contribution in [0.5, 0.6) is 0 Å². The number of hydrogen-bond donors (Lipinski definition) is 2. The lowest BCUT2D eigenvalue weighted by Crippen LogP contribution is -2.73. The Labute approximate surface area is 211 Å². The fraction of sp³-hybridized carbons (Fsp3) is 0.567. The van der Waals surface area contributed by atoms with Crippen LogP contribution in [0.2, 0.25) is 0 Å².